The molecular weight excluding hydrogens is 642 g/mol. The maximum Gasteiger partial charge on any atom is 1.00 e. The molecular formula is C36H50ClN9O3. The molecule has 2 fully saturated rings. The second-order valence-corrected chi connectivity index (χ2v) is 14.5. The molecule has 7 rings (SSSR count). The largest absolute Gasteiger partial charge is 1.00 e. The van der Waals surface area contributed by atoms with Gasteiger partial charge in [0.05, 0.1) is 24.5 Å². The van der Waals surface area contributed by atoms with E-state index in [1.807, 2.05) is 43.6 Å². The third kappa shape index (κ3) is 7.97. The standard InChI is InChI=1S/C36H49N9O3.ClH/c1-36(2,3)31-22-33(42(4)41-31)38-34(46)37-29-11-12-30(28-9-6-5-8-27(28)29)48-26-10-13-32-39-40-35(45(32)24-26)44-17-14-25(15-18-44)23-43-16-7-20-47-21-19-43;/h5-6,8-10,13,22,24-25,29-30H,7,11-12,14-21,23H2,1-4H3,(H2,37,38,46);1H/t29-,30+;/m0./s1. The number of hydrogen-bond donors (Lipinski definition) is 2. The van der Waals surface area contributed by atoms with E-state index < -0.39 is 0 Å². The first-order valence-corrected chi connectivity index (χ1v) is 17.5. The van der Waals surface area contributed by atoms with Crippen LogP contribution in [0.4, 0.5) is 16.6 Å². The molecule has 0 unspecified atom stereocenters. The van der Waals surface area contributed by atoms with E-state index in [-0.39, 0.29) is 37.4 Å². The third-order valence-corrected chi connectivity index (χ3v) is 10.00. The number of halogens is 1. The zero-order valence-corrected chi connectivity index (χ0v) is 29.8. The van der Waals surface area contributed by atoms with Crippen molar-refractivity contribution in [2.24, 2.45) is 13.0 Å². The normalized spacial score (nSPS) is 20.7. The van der Waals surface area contributed by atoms with Gasteiger partial charge in [0.25, 0.3) is 0 Å². The van der Waals surface area contributed by atoms with Crippen molar-refractivity contribution in [2.75, 3.05) is 56.2 Å². The van der Waals surface area contributed by atoms with Crippen molar-refractivity contribution in [3.05, 3.63) is 65.5 Å². The molecule has 0 saturated carbocycles. The highest BCUT2D eigenvalue weighted by Crippen LogP contribution is 2.39. The molecule has 4 aromatic rings. The second kappa shape index (κ2) is 14.9. The molecule has 3 aliphatic rings. The highest BCUT2D eigenvalue weighted by molar-refractivity contribution is 5.88. The van der Waals surface area contributed by atoms with Gasteiger partial charge in [0.2, 0.25) is 5.95 Å². The van der Waals surface area contributed by atoms with E-state index in [2.05, 4.69) is 73.0 Å². The molecule has 264 valence electrons. The lowest BCUT2D eigenvalue weighted by Gasteiger charge is -2.34. The van der Waals surface area contributed by atoms with Crippen LogP contribution in [0.2, 0.25) is 0 Å². The molecule has 0 radical (unpaired) electrons. The fourth-order valence-electron chi connectivity index (χ4n) is 7.25. The number of piperidine rings is 1. The van der Waals surface area contributed by atoms with Crippen molar-refractivity contribution in [3.8, 4) is 5.75 Å². The Kier molecular flexibility index (Phi) is 10.7. The number of nitrogens with zero attached hydrogens (tertiary/aromatic N) is 7. The summed E-state index contributed by atoms with van der Waals surface area (Å²) in [5.74, 6) is 3.01. The van der Waals surface area contributed by atoms with Crippen molar-refractivity contribution in [1.82, 2.24) is 34.6 Å². The van der Waals surface area contributed by atoms with Gasteiger partial charge in [0.15, 0.2) is 5.65 Å². The van der Waals surface area contributed by atoms with Crippen LogP contribution >= 0.6 is 0 Å². The Balaban J connectivity index is 0.00000243. The van der Waals surface area contributed by atoms with Crippen LogP contribution < -0.4 is 32.7 Å². The number of amides is 2. The van der Waals surface area contributed by atoms with Crippen molar-refractivity contribution in [3.63, 3.8) is 0 Å². The fraction of sp³-hybridized carbons (Fsp3) is 0.556. The van der Waals surface area contributed by atoms with Crippen LogP contribution in [0.5, 0.6) is 5.75 Å². The van der Waals surface area contributed by atoms with Crippen LogP contribution in [-0.2, 0) is 17.2 Å². The average molecular weight is 692 g/mol. The van der Waals surface area contributed by atoms with E-state index in [1.54, 1.807) is 4.68 Å². The SMILES string of the molecule is Cn1nc(C(C)(C)C)cc1NC(=O)N[C@H]1CC[C@@H](Oc2ccc3nnc(N4CCC(CN5CCCOCC5)CC4)n3c2)c2ccccc21.[Cl-].[H+]. The van der Waals surface area contributed by atoms with Crippen LogP contribution in [0.25, 0.3) is 5.65 Å². The topological polar surface area (TPSA) is 114 Å². The number of rotatable bonds is 7. The smallest absolute Gasteiger partial charge is 1.00 e. The molecule has 1 aromatic carbocycles. The van der Waals surface area contributed by atoms with Crippen LogP contribution in [0, 0.1) is 5.92 Å². The summed E-state index contributed by atoms with van der Waals surface area (Å²) >= 11 is 0. The molecule has 1 aliphatic carbocycles. The number of fused-ring (bicyclic) bond motifs is 2. The van der Waals surface area contributed by atoms with Crippen molar-refractivity contribution < 1.29 is 28.1 Å². The summed E-state index contributed by atoms with van der Waals surface area (Å²) in [4.78, 5) is 18.1. The molecule has 2 N–H and O–H groups in total. The van der Waals surface area contributed by atoms with Crippen LogP contribution in [0.3, 0.4) is 0 Å². The minimum absolute atomic E-state index is 0. The molecule has 12 nitrogen and oxygen atoms in total. The summed E-state index contributed by atoms with van der Waals surface area (Å²) in [6.45, 7) is 13.3. The van der Waals surface area contributed by atoms with Gasteiger partial charge in [0.1, 0.15) is 17.7 Å². The van der Waals surface area contributed by atoms with Gasteiger partial charge in [-0.3, -0.25) is 14.4 Å². The molecule has 2 amide bonds. The number of anilines is 2. The van der Waals surface area contributed by atoms with Crippen molar-refractivity contribution >= 4 is 23.4 Å². The number of aromatic nitrogens is 5. The summed E-state index contributed by atoms with van der Waals surface area (Å²) in [5, 5.41) is 19.8. The third-order valence-electron chi connectivity index (χ3n) is 10.00. The van der Waals surface area contributed by atoms with Gasteiger partial charge in [-0.25, -0.2) is 4.79 Å². The summed E-state index contributed by atoms with van der Waals surface area (Å²) in [7, 11) is 1.85. The minimum Gasteiger partial charge on any atom is -1.00 e. The number of benzene rings is 1. The number of pyridine rings is 1. The molecule has 3 aromatic heterocycles. The van der Waals surface area contributed by atoms with Crippen molar-refractivity contribution in [1.29, 1.82) is 0 Å². The lowest BCUT2D eigenvalue weighted by Crippen LogP contribution is -3.00. The summed E-state index contributed by atoms with van der Waals surface area (Å²) < 4.78 is 16.1. The van der Waals surface area contributed by atoms with Gasteiger partial charge in [-0.1, -0.05) is 45.0 Å². The number of ether oxygens (including phenoxy) is 2. The van der Waals surface area contributed by atoms with E-state index in [1.165, 1.54) is 0 Å². The molecule has 0 spiro atoms. The first kappa shape index (κ1) is 35.0. The fourth-order valence-corrected chi connectivity index (χ4v) is 7.25. The summed E-state index contributed by atoms with van der Waals surface area (Å²) in [6, 6.07) is 13.8. The molecule has 0 bridgehead atoms. The Morgan fingerprint density at radius 2 is 1.80 bits per heavy atom. The van der Waals surface area contributed by atoms with E-state index in [4.69, 9.17) is 9.47 Å². The van der Waals surface area contributed by atoms with E-state index in [0.29, 0.717) is 11.7 Å². The first-order chi connectivity index (χ1) is 23.2. The van der Waals surface area contributed by atoms with Gasteiger partial charge in [-0.2, -0.15) is 5.10 Å². The van der Waals surface area contributed by atoms with Crippen molar-refractivity contribution in [2.45, 2.75) is 70.4 Å². The maximum atomic E-state index is 13.1. The van der Waals surface area contributed by atoms with E-state index >= 15 is 0 Å². The number of carbonyl (C=O) groups is 1. The van der Waals surface area contributed by atoms with Gasteiger partial charge in [-0.05, 0) is 61.3 Å². The number of hydrogen-bond acceptors (Lipinski definition) is 8. The predicted molar refractivity (Wildman–Crippen MR) is 187 cm³/mol. The molecule has 2 atom stereocenters. The highest BCUT2D eigenvalue weighted by atomic mass is 35.5. The summed E-state index contributed by atoms with van der Waals surface area (Å²) in [6.07, 6.45) is 6.84. The molecule has 49 heavy (non-hydrogen) atoms. The Morgan fingerprint density at radius 3 is 2.57 bits per heavy atom. The number of carbonyl (C=O) groups excluding carboxylic acids is 1. The van der Waals surface area contributed by atoms with Gasteiger partial charge >= 0.3 is 7.46 Å². The number of aryl methyl sites for hydroxylation is 1. The van der Waals surface area contributed by atoms with Gasteiger partial charge in [-0.15, -0.1) is 10.2 Å². The van der Waals surface area contributed by atoms with Crippen LogP contribution in [0.15, 0.2) is 48.7 Å². The zero-order chi connectivity index (χ0) is 33.3. The average Bonchev–Trinajstić information content (AvgIpc) is 3.56. The molecule has 5 heterocycles. The summed E-state index contributed by atoms with van der Waals surface area (Å²) in [5.41, 5.74) is 3.80. The van der Waals surface area contributed by atoms with E-state index in [0.717, 1.165) is 112 Å². The highest BCUT2D eigenvalue weighted by Gasteiger charge is 2.30. The van der Waals surface area contributed by atoms with E-state index in [9.17, 15) is 4.79 Å². The number of urea groups is 1. The predicted octanol–water partition coefficient (Wildman–Crippen LogP) is 2.59. The Bertz CT molecular complexity index is 1730. The Labute approximate surface area is 296 Å². The first-order valence-electron chi connectivity index (χ1n) is 17.5. The maximum absolute atomic E-state index is 13.1. The second-order valence-electron chi connectivity index (χ2n) is 14.5. The van der Waals surface area contributed by atoms with Gasteiger partial charge < -0.3 is 37.0 Å². The lowest BCUT2D eigenvalue weighted by atomic mass is 9.85. The number of nitrogens with one attached hydrogen (secondary N) is 2. The van der Waals surface area contributed by atoms with Crippen LogP contribution in [-0.4, -0.2) is 81.2 Å². The monoisotopic (exact) mass is 691 g/mol. The van der Waals surface area contributed by atoms with Crippen LogP contribution in [0.1, 0.15) is 83.3 Å². The Morgan fingerprint density at radius 1 is 1.00 bits per heavy atom. The quantitative estimate of drug-likeness (QED) is 0.304. The molecule has 2 aliphatic heterocycles. The molecule has 13 heteroatoms. The lowest BCUT2D eigenvalue weighted by molar-refractivity contribution is -0.0000149. The minimum atomic E-state index is -0.246. The Hall–Kier alpha value is -3.87. The zero-order valence-electron chi connectivity index (χ0n) is 30.1. The molecule has 2 saturated heterocycles. The van der Waals surface area contributed by atoms with Gasteiger partial charge in [0, 0.05) is 57.9 Å².